The lowest BCUT2D eigenvalue weighted by molar-refractivity contribution is 0.0672. The maximum atomic E-state index is 12.4. The van der Waals surface area contributed by atoms with Crippen LogP contribution in [0.4, 0.5) is 0 Å². The highest BCUT2D eigenvalue weighted by atomic mass is 28.3. The molecule has 0 bridgehead atoms. The second-order valence-electron chi connectivity index (χ2n) is 6.71. The minimum Gasteiger partial charge on any atom is -0.392 e. The molecule has 4 nitrogen and oxygen atoms in total. The first kappa shape index (κ1) is 17.3. The van der Waals surface area contributed by atoms with Crippen LogP contribution in [0.15, 0.2) is 60.3 Å². The summed E-state index contributed by atoms with van der Waals surface area (Å²) in [4.78, 5) is 26.0. The Kier molecular flexibility index (Phi) is 4.70. The van der Waals surface area contributed by atoms with Crippen LogP contribution in [0.1, 0.15) is 26.3 Å². The third-order valence-corrected chi connectivity index (χ3v) is 7.53. The fraction of sp³-hybridized carbons (Fsp3) is 0.200. The highest BCUT2D eigenvalue weighted by Gasteiger charge is 2.34. The van der Waals surface area contributed by atoms with Crippen molar-refractivity contribution in [2.24, 2.45) is 0 Å². The molecule has 128 valence electrons. The van der Waals surface area contributed by atoms with Gasteiger partial charge in [0.1, 0.15) is 8.07 Å². The second kappa shape index (κ2) is 6.78. The van der Waals surface area contributed by atoms with E-state index in [1.807, 2.05) is 30.3 Å². The van der Waals surface area contributed by atoms with E-state index < -0.39 is 8.07 Å². The van der Waals surface area contributed by atoms with Gasteiger partial charge >= 0.3 is 0 Å². The first-order valence-corrected chi connectivity index (χ1v) is 11.4. The molecule has 1 aliphatic rings. The van der Waals surface area contributed by atoms with Crippen LogP contribution in [-0.4, -0.2) is 36.4 Å². The summed E-state index contributed by atoms with van der Waals surface area (Å²) >= 11 is 0. The van der Waals surface area contributed by atoms with Crippen molar-refractivity contribution in [2.75, 3.05) is 6.54 Å². The molecule has 2 aromatic carbocycles. The Hall–Kier alpha value is -2.50. The number of aliphatic hydroxyl groups excluding tert-OH is 1. The number of hydrogen-bond donors (Lipinski definition) is 1. The fourth-order valence-corrected chi connectivity index (χ4v) is 5.62. The van der Waals surface area contributed by atoms with Crippen molar-refractivity contribution >= 4 is 25.1 Å². The van der Waals surface area contributed by atoms with Crippen LogP contribution in [-0.2, 0) is 6.61 Å². The molecule has 0 aromatic heterocycles. The Morgan fingerprint density at radius 2 is 1.52 bits per heavy atom. The topological polar surface area (TPSA) is 57.6 Å². The summed E-state index contributed by atoms with van der Waals surface area (Å²) in [7, 11) is -1.93. The normalized spacial score (nSPS) is 14.4. The summed E-state index contributed by atoms with van der Waals surface area (Å²) in [5.74, 6) is -0.471. The number of amides is 2. The Bertz CT molecular complexity index is 823. The van der Waals surface area contributed by atoms with Crippen molar-refractivity contribution in [3.63, 3.8) is 0 Å². The van der Waals surface area contributed by atoms with Gasteiger partial charge in [-0.05, 0) is 22.9 Å². The van der Waals surface area contributed by atoms with Gasteiger partial charge in [-0.1, -0.05) is 61.3 Å². The minimum absolute atomic E-state index is 0.0127. The molecule has 0 atom stereocenters. The number of carbonyl (C=O) groups is 2. The smallest absolute Gasteiger partial charge is 0.261 e. The highest BCUT2D eigenvalue weighted by molar-refractivity contribution is 6.94. The third kappa shape index (κ3) is 3.20. The van der Waals surface area contributed by atoms with Crippen molar-refractivity contribution in [3.05, 3.63) is 77.0 Å². The SMILES string of the molecule is C[Si](C)(/C=C/CN1C(=O)c2ccccc2C1=O)c1ccccc1CO. The molecule has 0 saturated carbocycles. The Morgan fingerprint density at radius 1 is 0.960 bits per heavy atom. The van der Waals surface area contributed by atoms with Crippen LogP contribution in [0.3, 0.4) is 0 Å². The number of aliphatic hydroxyl groups is 1. The molecule has 0 fully saturated rings. The van der Waals surface area contributed by atoms with E-state index in [0.717, 1.165) is 10.8 Å². The quantitative estimate of drug-likeness (QED) is 0.665. The summed E-state index contributed by atoms with van der Waals surface area (Å²) in [6, 6.07) is 14.8. The summed E-state index contributed by atoms with van der Waals surface area (Å²) < 4.78 is 0. The fourth-order valence-electron chi connectivity index (χ4n) is 3.23. The first-order valence-electron chi connectivity index (χ1n) is 8.28. The van der Waals surface area contributed by atoms with E-state index in [2.05, 4.69) is 18.8 Å². The molecule has 3 rings (SSSR count). The van der Waals surface area contributed by atoms with Gasteiger partial charge in [0, 0.05) is 6.54 Å². The Morgan fingerprint density at radius 3 is 2.12 bits per heavy atom. The summed E-state index contributed by atoms with van der Waals surface area (Å²) in [6.07, 6.45) is 1.90. The van der Waals surface area contributed by atoms with E-state index in [9.17, 15) is 14.7 Å². The van der Waals surface area contributed by atoms with Crippen LogP contribution in [0.5, 0.6) is 0 Å². The van der Waals surface area contributed by atoms with E-state index in [-0.39, 0.29) is 25.0 Å². The van der Waals surface area contributed by atoms with Gasteiger partial charge in [0.05, 0.1) is 17.7 Å². The predicted molar refractivity (Wildman–Crippen MR) is 100 cm³/mol. The van der Waals surface area contributed by atoms with Crippen molar-refractivity contribution in [1.82, 2.24) is 4.90 Å². The molecule has 1 aliphatic heterocycles. The van der Waals surface area contributed by atoms with Gasteiger partial charge in [0.25, 0.3) is 11.8 Å². The largest absolute Gasteiger partial charge is 0.392 e. The molecule has 0 unspecified atom stereocenters. The number of carbonyl (C=O) groups excluding carboxylic acids is 2. The van der Waals surface area contributed by atoms with E-state index in [1.54, 1.807) is 24.3 Å². The van der Waals surface area contributed by atoms with Crippen LogP contribution in [0.25, 0.3) is 0 Å². The number of fused-ring (bicyclic) bond motifs is 1. The molecular formula is C20H21NO3Si. The molecule has 1 N–H and O–H groups in total. The maximum absolute atomic E-state index is 12.4. The molecule has 1 heterocycles. The van der Waals surface area contributed by atoms with Crippen LogP contribution in [0.2, 0.25) is 13.1 Å². The molecule has 25 heavy (non-hydrogen) atoms. The Labute approximate surface area is 148 Å². The molecule has 2 aromatic rings. The van der Waals surface area contributed by atoms with Gasteiger partial charge in [-0.15, -0.1) is 0 Å². The molecule has 0 saturated heterocycles. The number of imide groups is 1. The lowest BCUT2D eigenvalue weighted by Gasteiger charge is -2.22. The van der Waals surface area contributed by atoms with Gasteiger partial charge < -0.3 is 5.11 Å². The summed E-state index contributed by atoms with van der Waals surface area (Å²) in [5, 5.41) is 10.7. The van der Waals surface area contributed by atoms with Gasteiger partial charge in [-0.3, -0.25) is 14.5 Å². The van der Waals surface area contributed by atoms with E-state index >= 15 is 0 Å². The lowest BCUT2D eigenvalue weighted by Crippen LogP contribution is -2.42. The van der Waals surface area contributed by atoms with Gasteiger partial charge in [0.2, 0.25) is 0 Å². The van der Waals surface area contributed by atoms with Gasteiger partial charge in [0.15, 0.2) is 0 Å². The monoisotopic (exact) mass is 351 g/mol. The highest BCUT2D eigenvalue weighted by Crippen LogP contribution is 2.22. The minimum atomic E-state index is -1.93. The number of benzene rings is 2. The maximum Gasteiger partial charge on any atom is 0.261 e. The summed E-state index contributed by atoms with van der Waals surface area (Å²) in [6.45, 7) is 4.64. The average molecular weight is 351 g/mol. The number of hydrogen-bond acceptors (Lipinski definition) is 3. The van der Waals surface area contributed by atoms with Crippen molar-refractivity contribution in [2.45, 2.75) is 19.7 Å². The zero-order valence-electron chi connectivity index (χ0n) is 14.4. The van der Waals surface area contributed by atoms with E-state index in [0.29, 0.717) is 11.1 Å². The molecule has 0 spiro atoms. The lowest BCUT2D eigenvalue weighted by atomic mass is 10.1. The van der Waals surface area contributed by atoms with E-state index in [4.69, 9.17) is 0 Å². The number of nitrogens with zero attached hydrogens (tertiary/aromatic N) is 1. The molecular weight excluding hydrogens is 330 g/mol. The van der Waals surface area contributed by atoms with Gasteiger partial charge in [-0.25, -0.2) is 0 Å². The van der Waals surface area contributed by atoms with Crippen molar-refractivity contribution in [3.8, 4) is 0 Å². The predicted octanol–water partition coefficient (Wildman–Crippen LogP) is 2.49. The zero-order chi connectivity index (χ0) is 18.0. The van der Waals surface area contributed by atoms with Gasteiger partial charge in [-0.2, -0.15) is 0 Å². The van der Waals surface area contributed by atoms with Crippen molar-refractivity contribution in [1.29, 1.82) is 0 Å². The van der Waals surface area contributed by atoms with Crippen LogP contribution >= 0.6 is 0 Å². The summed E-state index contributed by atoms with van der Waals surface area (Å²) in [5.41, 5.74) is 4.00. The standard InChI is InChI=1S/C20H21NO3Si/c1-25(2,18-11-6-3-8-15(18)14-22)13-7-12-21-19(23)16-9-4-5-10-17(16)20(21)24/h3-11,13,22H,12,14H2,1-2H3/b13-7+. The molecule has 0 aliphatic carbocycles. The molecule has 2 amide bonds. The molecule has 0 radical (unpaired) electrons. The zero-order valence-corrected chi connectivity index (χ0v) is 15.4. The van der Waals surface area contributed by atoms with E-state index in [1.165, 1.54) is 4.90 Å². The molecule has 5 heteroatoms. The first-order chi connectivity index (χ1) is 12.0. The van der Waals surface area contributed by atoms with Crippen LogP contribution in [0, 0.1) is 0 Å². The Balaban J connectivity index is 1.78. The number of rotatable bonds is 5. The van der Waals surface area contributed by atoms with Crippen LogP contribution < -0.4 is 5.19 Å². The average Bonchev–Trinajstić information content (AvgIpc) is 2.87. The third-order valence-electron chi connectivity index (χ3n) is 4.58. The van der Waals surface area contributed by atoms with Crippen molar-refractivity contribution < 1.29 is 14.7 Å². The second-order valence-corrected chi connectivity index (χ2v) is 11.0.